The minimum Gasteiger partial charge on any atom is -0.388 e. The van der Waals surface area contributed by atoms with Crippen LogP contribution in [0.3, 0.4) is 0 Å². The Morgan fingerprint density at radius 1 is 1.40 bits per heavy atom. The summed E-state index contributed by atoms with van der Waals surface area (Å²) in [6, 6.07) is 7.84. The molecule has 2 aromatic rings. The molecule has 2 N–H and O–H groups in total. The molecule has 0 aliphatic carbocycles. The number of piperidine rings is 1. The van der Waals surface area contributed by atoms with Gasteiger partial charge in [0.2, 0.25) is 0 Å². The maximum atomic E-state index is 13.4. The predicted octanol–water partition coefficient (Wildman–Crippen LogP) is 2.75. The number of alkyl halides is 1. The zero-order chi connectivity index (χ0) is 13.9. The summed E-state index contributed by atoms with van der Waals surface area (Å²) >= 11 is 0. The molecule has 1 aromatic carbocycles. The van der Waals surface area contributed by atoms with Crippen LogP contribution in [0.4, 0.5) is 4.39 Å². The highest BCUT2D eigenvalue weighted by molar-refractivity contribution is 5.85. The molecule has 0 spiro atoms. The molecule has 1 saturated heterocycles. The maximum absolute atomic E-state index is 13.4. The average Bonchev–Trinajstić information content (AvgIpc) is 2.46. The number of aliphatic hydroxyl groups is 1. The number of aromatic nitrogens is 1. The largest absolute Gasteiger partial charge is 0.388 e. The van der Waals surface area contributed by atoms with Gasteiger partial charge in [-0.15, -0.1) is 0 Å². The summed E-state index contributed by atoms with van der Waals surface area (Å²) in [5, 5.41) is 15.8. The number of nitrogens with zero attached hydrogens (tertiary/aromatic N) is 1. The summed E-state index contributed by atoms with van der Waals surface area (Å²) in [4.78, 5) is 4.13. The van der Waals surface area contributed by atoms with Crippen LogP contribution in [0.1, 0.15) is 30.9 Å². The Balaban J connectivity index is 1.80. The van der Waals surface area contributed by atoms with Crippen LogP contribution in [-0.2, 0) is 0 Å². The number of hydrogen-bond acceptors (Lipinski definition) is 3. The zero-order valence-electron chi connectivity index (χ0n) is 11.3. The van der Waals surface area contributed by atoms with Gasteiger partial charge in [-0.3, -0.25) is 4.98 Å². The summed E-state index contributed by atoms with van der Waals surface area (Å²) in [6.45, 7) is 0.690. The lowest BCUT2D eigenvalue weighted by molar-refractivity contribution is 0.129. The highest BCUT2D eigenvalue weighted by Crippen LogP contribution is 2.28. The number of halogens is 1. The molecular formula is C16H19FN2O. The Kier molecular flexibility index (Phi) is 3.94. The first-order valence-electron chi connectivity index (χ1n) is 7.12. The van der Waals surface area contributed by atoms with Crippen LogP contribution in [0.5, 0.6) is 0 Å². The van der Waals surface area contributed by atoms with Crippen molar-refractivity contribution in [2.24, 2.45) is 0 Å². The monoisotopic (exact) mass is 274 g/mol. The summed E-state index contributed by atoms with van der Waals surface area (Å²) in [7, 11) is 0. The quantitative estimate of drug-likeness (QED) is 0.904. The van der Waals surface area contributed by atoms with E-state index in [1.54, 1.807) is 12.4 Å². The summed E-state index contributed by atoms with van der Waals surface area (Å²) in [6.07, 6.45) is 3.78. The molecule has 3 atom stereocenters. The number of aliphatic hydroxyl groups excluding tert-OH is 1. The summed E-state index contributed by atoms with van der Waals surface area (Å²) in [5.41, 5.74) is 0.874. The lowest BCUT2D eigenvalue weighted by Gasteiger charge is -2.28. The number of nitrogens with one attached hydrogen (secondary N) is 1. The topological polar surface area (TPSA) is 45.1 Å². The Morgan fingerprint density at radius 3 is 3.15 bits per heavy atom. The van der Waals surface area contributed by atoms with Gasteiger partial charge in [-0.2, -0.15) is 0 Å². The Labute approximate surface area is 117 Å². The molecule has 0 saturated carbocycles. The first-order chi connectivity index (χ1) is 9.74. The van der Waals surface area contributed by atoms with E-state index in [1.165, 1.54) is 0 Å². The second-order valence-corrected chi connectivity index (χ2v) is 5.47. The van der Waals surface area contributed by atoms with Gasteiger partial charge >= 0.3 is 0 Å². The van der Waals surface area contributed by atoms with Gasteiger partial charge < -0.3 is 10.4 Å². The third-order valence-corrected chi connectivity index (χ3v) is 4.02. The lowest BCUT2D eigenvalue weighted by atomic mass is 9.93. The van der Waals surface area contributed by atoms with Crippen molar-refractivity contribution >= 4 is 10.8 Å². The van der Waals surface area contributed by atoms with Gasteiger partial charge in [0.15, 0.2) is 0 Å². The van der Waals surface area contributed by atoms with Gasteiger partial charge in [0.1, 0.15) is 6.17 Å². The van der Waals surface area contributed by atoms with E-state index in [-0.39, 0.29) is 6.04 Å². The molecule has 20 heavy (non-hydrogen) atoms. The molecule has 1 aliphatic rings. The van der Waals surface area contributed by atoms with E-state index < -0.39 is 12.3 Å². The Hall–Kier alpha value is -1.52. The maximum Gasteiger partial charge on any atom is 0.103 e. The number of benzene rings is 1. The van der Waals surface area contributed by atoms with Crippen molar-refractivity contribution in [1.82, 2.24) is 10.3 Å². The van der Waals surface area contributed by atoms with Crippen LogP contribution in [0.2, 0.25) is 0 Å². The molecule has 1 fully saturated rings. The fourth-order valence-electron chi connectivity index (χ4n) is 2.96. The molecular weight excluding hydrogens is 255 g/mol. The molecule has 2 heterocycles. The molecule has 0 bridgehead atoms. The van der Waals surface area contributed by atoms with Crippen LogP contribution < -0.4 is 5.32 Å². The van der Waals surface area contributed by atoms with Gasteiger partial charge in [-0.1, -0.05) is 18.2 Å². The number of hydrogen-bond donors (Lipinski definition) is 2. The van der Waals surface area contributed by atoms with Gasteiger partial charge in [-0.25, -0.2) is 4.39 Å². The first-order valence-corrected chi connectivity index (χ1v) is 7.12. The van der Waals surface area contributed by atoms with Gasteiger partial charge in [0.25, 0.3) is 0 Å². The van der Waals surface area contributed by atoms with Crippen LogP contribution >= 0.6 is 0 Å². The molecule has 1 aliphatic heterocycles. The molecule has 0 radical (unpaired) electrons. The van der Waals surface area contributed by atoms with E-state index in [1.807, 2.05) is 24.3 Å². The Bertz CT molecular complexity index is 584. The summed E-state index contributed by atoms with van der Waals surface area (Å²) < 4.78 is 13.4. The van der Waals surface area contributed by atoms with Crippen molar-refractivity contribution in [3.8, 4) is 0 Å². The molecule has 3 nitrogen and oxygen atoms in total. The first kappa shape index (κ1) is 13.5. The lowest BCUT2D eigenvalue weighted by Crippen LogP contribution is -2.39. The highest BCUT2D eigenvalue weighted by Gasteiger charge is 2.24. The van der Waals surface area contributed by atoms with Crippen LogP contribution in [0, 0.1) is 0 Å². The fourth-order valence-corrected chi connectivity index (χ4v) is 2.96. The molecule has 1 aromatic heterocycles. The SMILES string of the molecule is O[C@H](C[C@H]1C[C@H](F)CCN1)c1cccc2ccncc12. The number of pyridine rings is 1. The molecule has 0 amide bonds. The van der Waals surface area contributed by atoms with Crippen LogP contribution in [0.15, 0.2) is 36.7 Å². The Morgan fingerprint density at radius 2 is 2.30 bits per heavy atom. The molecule has 106 valence electrons. The van der Waals surface area contributed by atoms with Crippen molar-refractivity contribution in [2.45, 2.75) is 37.6 Å². The van der Waals surface area contributed by atoms with E-state index >= 15 is 0 Å². The van der Waals surface area contributed by atoms with Crippen molar-refractivity contribution in [3.63, 3.8) is 0 Å². The minimum absolute atomic E-state index is 0.0423. The van der Waals surface area contributed by atoms with Crippen molar-refractivity contribution in [3.05, 3.63) is 42.2 Å². The van der Waals surface area contributed by atoms with E-state index in [9.17, 15) is 9.50 Å². The molecule has 4 heteroatoms. The zero-order valence-corrected chi connectivity index (χ0v) is 11.3. The van der Waals surface area contributed by atoms with E-state index in [0.29, 0.717) is 25.8 Å². The van der Waals surface area contributed by atoms with Crippen LogP contribution in [0.25, 0.3) is 10.8 Å². The standard InChI is InChI=1S/C16H19FN2O/c17-12-5-7-19-13(8-12)9-16(20)14-3-1-2-11-4-6-18-10-15(11)14/h1-4,6,10,12-13,16,19-20H,5,7-9H2/t12-,13-,16-/m1/s1. The van der Waals surface area contributed by atoms with Crippen molar-refractivity contribution in [2.75, 3.05) is 6.54 Å². The fraction of sp³-hybridized carbons (Fsp3) is 0.438. The van der Waals surface area contributed by atoms with E-state index in [2.05, 4.69) is 10.3 Å². The van der Waals surface area contributed by atoms with Gasteiger partial charge in [-0.05, 0) is 42.8 Å². The van der Waals surface area contributed by atoms with Gasteiger partial charge in [0.05, 0.1) is 6.10 Å². The van der Waals surface area contributed by atoms with Crippen molar-refractivity contribution in [1.29, 1.82) is 0 Å². The smallest absolute Gasteiger partial charge is 0.103 e. The average molecular weight is 274 g/mol. The number of fused-ring (bicyclic) bond motifs is 1. The minimum atomic E-state index is -0.748. The molecule has 0 unspecified atom stereocenters. The third-order valence-electron chi connectivity index (χ3n) is 4.02. The third kappa shape index (κ3) is 2.81. The molecule has 3 rings (SSSR count). The van der Waals surface area contributed by atoms with Gasteiger partial charge in [0, 0.05) is 23.8 Å². The summed E-state index contributed by atoms with van der Waals surface area (Å²) in [5.74, 6) is 0. The van der Waals surface area contributed by atoms with Crippen LogP contribution in [-0.4, -0.2) is 28.8 Å². The second-order valence-electron chi connectivity index (χ2n) is 5.47. The van der Waals surface area contributed by atoms with Crippen molar-refractivity contribution < 1.29 is 9.50 Å². The predicted molar refractivity (Wildman–Crippen MR) is 77.2 cm³/mol. The van der Waals surface area contributed by atoms with E-state index in [4.69, 9.17) is 0 Å². The highest BCUT2D eigenvalue weighted by atomic mass is 19.1. The normalized spacial score (nSPS) is 24.7. The number of rotatable bonds is 3. The van der Waals surface area contributed by atoms with E-state index in [0.717, 1.165) is 16.3 Å². The second kappa shape index (κ2) is 5.85.